The summed E-state index contributed by atoms with van der Waals surface area (Å²) in [4.78, 5) is 24.1. The number of alkyl halides is 2. The van der Waals surface area contributed by atoms with Crippen LogP contribution in [0.5, 0.6) is 0 Å². The smallest absolute Gasteiger partial charge is 0.270 e. The quantitative estimate of drug-likeness (QED) is 0.727. The number of nitrogen functional groups attached to an aromatic ring is 2. The fraction of sp³-hybridized carbons (Fsp3) is 0.526. The van der Waals surface area contributed by atoms with Gasteiger partial charge < -0.3 is 16.4 Å². The number of nitrogens with zero attached hydrogens (tertiary/aromatic N) is 4. The van der Waals surface area contributed by atoms with Gasteiger partial charge in [-0.2, -0.15) is 4.98 Å². The van der Waals surface area contributed by atoms with Crippen LogP contribution >= 0.6 is 23.4 Å². The van der Waals surface area contributed by atoms with Crippen molar-refractivity contribution in [3.63, 3.8) is 0 Å². The average molecular weight is 457 g/mol. The monoisotopic (exact) mass is 456 g/mol. The molecular weight excluding hydrogens is 434 g/mol. The summed E-state index contributed by atoms with van der Waals surface area (Å²) in [6.45, 7) is 1.13. The second-order valence-corrected chi connectivity index (χ2v) is 9.55. The Hall–Kier alpha value is -2.07. The van der Waals surface area contributed by atoms with E-state index >= 15 is 0 Å². The standard InChI is InChI=1S/C19H23ClF2N6OS/c1-27-16(29)13(30-11-2-7-25-14(23)12(11)20)15(24)26-17(27)28-8-5-18(6-9-28)3-4-19(21,22)10-18/h2,7H,3-6,8-10,24H2,1H3,(H2,23,25). The van der Waals surface area contributed by atoms with Gasteiger partial charge >= 0.3 is 0 Å². The lowest BCUT2D eigenvalue weighted by Gasteiger charge is -2.40. The lowest BCUT2D eigenvalue weighted by atomic mass is 9.77. The molecule has 1 spiro atoms. The third kappa shape index (κ3) is 3.82. The Morgan fingerprint density at radius 3 is 2.50 bits per heavy atom. The van der Waals surface area contributed by atoms with Gasteiger partial charge in [0.15, 0.2) is 0 Å². The molecule has 0 unspecified atom stereocenters. The Kier molecular flexibility index (Phi) is 5.34. The zero-order valence-electron chi connectivity index (χ0n) is 16.5. The third-order valence-electron chi connectivity index (χ3n) is 6.11. The predicted octanol–water partition coefficient (Wildman–Crippen LogP) is 3.55. The Labute approximate surface area is 181 Å². The summed E-state index contributed by atoms with van der Waals surface area (Å²) in [6.07, 6.45) is 3.27. The van der Waals surface area contributed by atoms with Crippen molar-refractivity contribution in [1.29, 1.82) is 0 Å². The number of anilines is 3. The van der Waals surface area contributed by atoms with Crippen molar-refractivity contribution in [1.82, 2.24) is 14.5 Å². The first-order chi connectivity index (χ1) is 14.1. The summed E-state index contributed by atoms with van der Waals surface area (Å²) in [7, 11) is 1.63. The fourth-order valence-corrected chi connectivity index (χ4v) is 5.52. The van der Waals surface area contributed by atoms with Gasteiger partial charge in [-0.15, -0.1) is 0 Å². The highest BCUT2D eigenvalue weighted by Crippen LogP contribution is 2.53. The number of hydrogen-bond donors (Lipinski definition) is 2. The van der Waals surface area contributed by atoms with Gasteiger partial charge in [0.25, 0.3) is 5.56 Å². The summed E-state index contributed by atoms with van der Waals surface area (Å²) in [5.41, 5.74) is 11.2. The summed E-state index contributed by atoms with van der Waals surface area (Å²) in [6, 6.07) is 1.65. The van der Waals surface area contributed by atoms with Crippen LogP contribution in [0.3, 0.4) is 0 Å². The highest BCUT2D eigenvalue weighted by atomic mass is 35.5. The first kappa shape index (κ1) is 21.2. The van der Waals surface area contributed by atoms with Crippen molar-refractivity contribution < 1.29 is 8.78 Å². The van der Waals surface area contributed by atoms with Gasteiger partial charge in [0, 0.05) is 44.1 Å². The van der Waals surface area contributed by atoms with Gasteiger partial charge in [-0.1, -0.05) is 23.4 Å². The maximum atomic E-state index is 13.7. The Morgan fingerprint density at radius 2 is 1.87 bits per heavy atom. The molecule has 3 heterocycles. The van der Waals surface area contributed by atoms with Gasteiger partial charge in [0.05, 0.1) is 5.02 Å². The number of piperidine rings is 1. The summed E-state index contributed by atoms with van der Waals surface area (Å²) in [5, 5.41) is 0.253. The minimum atomic E-state index is -2.56. The van der Waals surface area contributed by atoms with Gasteiger partial charge in [-0.05, 0) is 30.7 Å². The molecule has 11 heteroatoms. The Morgan fingerprint density at radius 1 is 1.17 bits per heavy atom. The molecule has 0 aromatic carbocycles. The van der Waals surface area contributed by atoms with E-state index in [1.54, 1.807) is 13.1 Å². The number of halogens is 3. The molecule has 2 fully saturated rings. The van der Waals surface area contributed by atoms with Crippen molar-refractivity contribution in [2.45, 2.75) is 47.8 Å². The largest absolute Gasteiger partial charge is 0.382 e. The normalized spacial score (nSPS) is 20.1. The molecule has 2 aliphatic rings. The number of hydrogen-bond acceptors (Lipinski definition) is 7. The SMILES string of the molecule is Cn1c(N2CCC3(CC2)CCC(F)(F)C3)nc(N)c(Sc2ccnc(N)c2Cl)c1=O. The van der Waals surface area contributed by atoms with E-state index in [9.17, 15) is 13.6 Å². The van der Waals surface area contributed by atoms with Gasteiger partial charge in [-0.25, -0.2) is 13.8 Å². The van der Waals surface area contributed by atoms with Crippen molar-refractivity contribution in [3.8, 4) is 0 Å². The lowest BCUT2D eigenvalue weighted by molar-refractivity contribution is -0.00685. The number of rotatable bonds is 3. The van der Waals surface area contributed by atoms with Crippen LogP contribution in [0.25, 0.3) is 0 Å². The van der Waals surface area contributed by atoms with Gasteiger partial charge in [0.1, 0.15) is 16.5 Å². The summed E-state index contributed by atoms with van der Waals surface area (Å²) < 4.78 is 28.9. The highest BCUT2D eigenvalue weighted by Gasteiger charge is 2.50. The van der Waals surface area contributed by atoms with Crippen LogP contribution in [0.15, 0.2) is 26.8 Å². The molecule has 0 bridgehead atoms. The molecule has 2 aromatic rings. The first-order valence-electron chi connectivity index (χ1n) is 9.68. The van der Waals surface area contributed by atoms with Crippen LogP contribution in [0.1, 0.15) is 32.1 Å². The minimum absolute atomic E-state index is 0.0370. The van der Waals surface area contributed by atoms with E-state index in [4.69, 9.17) is 23.1 Å². The molecule has 4 rings (SSSR count). The van der Waals surface area contributed by atoms with E-state index in [0.29, 0.717) is 43.2 Å². The zero-order valence-corrected chi connectivity index (χ0v) is 18.1. The van der Waals surface area contributed by atoms with Crippen LogP contribution in [0.4, 0.5) is 26.4 Å². The molecule has 1 aliphatic heterocycles. The van der Waals surface area contributed by atoms with E-state index < -0.39 is 5.92 Å². The molecule has 0 radical (unpaired) electrons. The number of pyridine rings is 1. The summed E-state index contributed by atoms with van der Waals surface area (Å²) >= 11 is 7.27. The number of nitrogens with two attached hydrogens (primary N) is 2. The summed E-state index contributed by atoms with van der Waals surface area (Å²) in [5.74, 6) is -1.85. The van der Waals surface area contributed by atoms with E-state index in [2.05, 4.69) is 9.97 Å². The molecule has 1 saturated carbocycles. The van der Waals surface area contributed by atoms with Crippen molar-refractivity contribution in [3.05, 3.63) is 27.6 Å². The van der Waals surface area contributed by atoms with Crippen molar-refractivity contribution in [2.24, 2.45) is 12.5 Å². The first-order valence-corrected chi connectivity index (χ1v) is 10.9. The lowest BCUT2D eigenvalue weighted by Crippen LogP contribution is -2.42. The van der Waals surface area contributed by atoms with Crippen LogP contribution < -0.4 is 21.9 Å². The maximum absolute atomic E-state index is 13.7. The maximum Gasteiger partial charge on any atom is 0.270 e. The van der Waals surface area contributed by atoms with E-state index in [1.165, 1.54) is 10.8 Å². The molecule has 1 saturated heterocycles. The van der Waals surface area contributed by atoms with Gasteiger partial charge in [0.2, 0.25) is 11.9 Å². The third-order valence-corrected chi connectivity index (χ3v) is 7.76. The Balaban J connectivity index is 1.57. The average Bonchev–Trinajstić information content (AvgIpc) is 3.00. The second kappa shape index (κ2) is 7.56. The van der Waals surface area contributed by atoms with Crippen LogP contribution in [-0.4, -0.2) is 33.5 Å². The van der Waals surface area contributed by atoms with Crippen LogP contribution in [0, 0.1) is 5.41 Å². The molecule has 30 heavy (non-hydrogen) atoms. The Bertz CT molecular complexity index is 1040. The van der Waals surface area contributed by atoms with E-state index in [-0.39, 0.29) is 45.4 Å². The predicted molar refractivity (Wildman–Crippen MR) is 114 cm³/mol. The topological polar surface area (TPSA) is 103 Å². The van der Waals surface area contributed by atoms with Crippen LogP contribution in [0.2, 0.25) is 5.02 Å². The molecule has 0 atom stereocenters. The molecule has 1 aliphatic carbocycles. The van der Waals surface area contributed by atoms with E-state index in [1.807, 2.05) is 4.90 Å². The minimum Gasteiger partial charge on any atom is -0.382 e. The zero-order chi connectivity index (χ0) is 21.7. The number of aromatic nitrogens is 3. The molecule has 4 N–H and O–H groups in total. The van der Waals surface area contributed by atoms with Crippen molar-refractivity contribution >= 4 is 40.9 Å². The van der Waals surface area contributed by atoms with E-state index in [0.717, 1.165) is 11.8 Å². The second-order valence-electron chi connectivity index (χ2n) is 8.12. The van der Waals surface area contributed by atoms with Crippen molar-refractivity contribution in [2.75, 3.05) is 29.5 Å². The molecule has 162 valence electrons. The highest BCUT2D eigenvalue weighted by molar-refractivity contribution is 7.99. The molecule has 2 aromatic heterocycles. The molecular formula is C19H23ClF2N6OS. The van der Waals surface area contributed by atoms with Gasteiger partial charge in [-0.3, -0.25) is 9.36 Å². The molecule has 0 amide bonds. The molecule has 7 nitrogen and oxygen atoms in total. The fourth-order valence-electron chi connectivity index (χ4n) is 4.38. The van der Waals surface area contributed by atoms with Crippen LogP contribution in [-0.2, 0) is 7.05 Å².